The molecule has 0 amide bonds. The lowest BCUT2D eigenvalue weighted by Crippen LogP contribution is -2.27. The SMILES string of the molecule is Cc1ccc(C(N)=S)cc1S(=O)(=O)NCCc1ccsc1. The first-order valence-corrected chi connectivity index (χ1v) is 9.15. The van der Waals surface area contributed by atoms with Gasteiger partial charge in [-0.1, -0.05) is 24.4 Å². The zero-order chi connectivity index (χ0) is 15.5. The Hall–Kier alpha value is -1.28. The molecular weight excluding hydrogens is 324 g/mol. The minimum absolute atomic E-state index is 0.185. The van der Waals surface area contributed by atoms with Gasteiger partial charge in [0.05, 0.1) is 4.90 Å². The van der Waals surface area contributed by atoms with E-state index >= 15 is 0 Å². The Morgan fingerprint density at radius 2 is 2.14 bits per heavy atom. The van der Waals surface area contributed by atoms with E-state index in [0.29, 0.717) is 24.1 Å². The zero-order valence-corrected chi connectivity index (χ0v) is 13.9. The molecule has 0 fully saturated rings. The van der Waals surface area contributed by atoms with Crippen LogP contribution in [0.3, 0.4) is 0 Å². The number of thiophene rings is 1. The maximum atomic E-state index is 12.4. The van der Waals surface area contributed by atoms with Crippen molar-refractivity contribution in [3.8, 4) is 0 Å². The van der Waals surface area contributed by atoms with Gasteiger partial charge < -0.3 is 5.73 Å². The lowest BCUT2D eigenvalue weighted by atomic mass is 10.1. The fourth-order valence-electron chi connectivity index (χ4n) is 1.89. The van der Waals surface area contributed by atoms with Gasteiger partial charge in [0.15, 0.2) is 0 Å². The summed E-state index contributed by atoms with van der Waals surface area (Å²) in [6.07, 6.45) is 0.663. The lowest BCUT2D eigenvalue weighted by molar-refractivity contribution is 0.581. The van der Waals surface area contributed by atoms with Crippen molar-refractivity contribution in [2.45, 2.75) is 18.2 Å². The van der Waals surface area contributed by atoms with E-state index in [4.69, 9.17) is 18.0 Å². The van der Waals surface area contributed by atoms with E-state index in [0.717, 1.165) is 5.56 Å². The first-order valence-electron chi connectivity index (χ1n) is 6.31. The number of aryl methyl sites for hydroxylation is 1. The molecular formula is C14H16N2O2S3. The number of hydrogen-bond acceptors (Lipinski definition) is 4. The van der Waals surface area contributed by atoms with Crippen LogP contribution in [0, 0.1) is 6.92 Å². The van der Waals surface area contributed by atoms with Crippen LogP contribution in [0.5, 0.6) is 0 Å². The molecule has 0 unspecified atom stereocenters. The highest BCUT2D eigenvalue weighted by Gasteiger charge is 2.17. The first-order chi connectivity index (χ1) is 9.90. The van der Waals surface area contributed by atoms with Crippen molar-refractivity contribution in [2.24, 2.45) is 5.73 Å². The number of thiocarbonyl (C=S) groups is 1. The van der Waals surface area contributed by atoms with Crippen LogP contribution in [0.15, 0.2) is 39.9 Å². The van der Waals surface area contributed by atoms with E-state index in [-0.39, 0.29) is 9.88 Å². The molecule has 0 aliphatic rings. The van der Waals surface area contributed by atoms with Gasteiger partial charge in [0.25, 0.3) is 0 Å². The molecule has 0 bridgehead atoms. The molecule has 112 valence electrons. The number of benzene rings is 1. The third-order valence-corrected chi connectivity index (χ3v) is 5.62. The molecule has 1 aromatic heterocycles. The predicted molar refractivity (Wildman–Crippen MR) is 90.3 cm³/mol. The first kappa shape index (κ1) is 16.1. The molecule has 0 spiro atoms. The second kappa shape index (κ2) is 6.65. The van der Waals surface area contributed by atoms with Crippen LogP contribution < -0.4 is 10.5 Å². The van der Waals surface area contributed by atoms with Crippen LogP contribution in [0.25, 0.3) is 0 Å². The molecule has 0 radical (unpaired) electrons. The smallest absolute Gasteiger partial charge is 0.240 e. The standard InChI is InChI=1S/C14H16N2O2S3/c1-10-2-3-12(14(15)19)8-13(10)21(17,18)16-6-4-11-5-7-20-9-11/h2-3,5,7-9,16H,4,6H2,1H3,(H2,15,19). The fourth-order valence-corrected chi connectivity index (χ4v) is 4.02. The van der Waals surface area contributed by atoms with Crippen molar-refractivity contribution in [3.05, 3.63) is 51.7 Å². The number of nitrogens with two attached hydrogens (primary N) is 1. The van der Waals surface area contributed by atoms with E-state index < -0.39 is 10.0 Å². The molecule has 0 atom stereocenters. The van der Waals surface area contributed by atoms with Crippen LogP contribution >= 0.6 is 23.6 Å². The van der Waals surface area contributed by atoms with Crippen molar-refractivity contribution in [1.82, 2.24) is 4.72 Å². The average molecular weight is 340 g/mol. The third kappa shape index (κ3) is 4.10. The van der Waals surface area contributed by atoms with Crippen molar-refractivity contribution < 1.29 is 8.42 Å². The van der Waals surface area contributed by atoms with Gasteiger partial charge in [0, 0.05) is 12.1 Å². The van der Waals surface area contributed by atoms with Gasteiger partial charge >= 0.3 is 0 Å². The van der Waals surface area contributed by atoms with Crippen LogP contribution in [0.4, 0.5) is 0 Å². The molecule has 3 N–H and O–H groups in total. The number of hydrogen-bond donors (Lipinski definition) is 2. The van der Waals surface area contributed by atoms with Crippen LogP contribution in [0.2, 0.25) is 0 Å². The maximum absolute atomic E-state index is 12.4. The summed E-state index contributed by atoms with van der Waals surface area (Å²) in [6.45, 7) is 2.10. The molecule has 0 aliphatic carbocycles. The Balaban J connectivity index is 2.15. The Morgan fingerprint density at radius 1 is 1.38 bits per heavy atom. The largest absolute Gasteiger partial charge is 0.389 e. The van der Waals surface area contributed by atoms with Crippen LogP contribution in [0.1, 0.15) is 16.7 Å². The molecule has 0 saturated carbocycles. The van der Waals surface area contributed by atoms with Gasteiger partial charge in [-0.25, -0.2) is 13.1 Å². The van der Waals surface area contributed by atoms with Crippen molar-refractivity contribution in [2.75, 3.05) is 6.54 Å². The number of rotatable bonds is 6. The highest BCUT2D eigenvalue weighted by Crippen LogP contribution is 2.17. The summed E-state index contributed by atoms with van der Waals surface area (Å²) in [5.41, 5.74) is 7.89. The summed E-state index contributed by atoms with van der Waals surface area (Å²) in [5, 5.41) is 3.98. The third-order valence-electron chi connectivity index (χ3n) is 3.05. The quantitative estimate of drug-likeness (QED) is 0.791. The molecule has 7 heteroatoms. The van der Waals surface area contributed by atoms with E-state index in [1.54, 1.807) is 30.4 Å². The van der Waals surface area contributed by atoms with Gasteiger partial charge in [0.2, 0.25) is 10.0 Å². The topological polar surface area (TPSA) is 72.2 Å². The number of sulfonamides is 1. The summed E-state index contributed by atoms with van der Waals surface area (Å²) in [6, 6.07) is 6.94. The average Bonchev–Trinajstić information content (AvgIpc) is 2.91. The monoisotopic (exact) mass is 340 g/mol. The maximum Gasteiger partial charge on any atom is 0.240 e. The highest BCUT2D eigenvalue weighted by atomic mass is 32.2. The zero-order valence-electron chi connectivity index (χ0n) is 11.5. The van der Waals surface area contributed by atoms with Gasteiger partial charge in [-0.2, -0.15) is 11.3 Å². The predicted octanol–water partition coefficient (Wildman–Crippen LogP) is 2.21. The minimum Gasteiger partial charge on any atom is -0.389 e. The molecule has 0 saturated heterocycles. The summed E-state index contributed by atoms with van der Waals surface area (Å²) in [7, 11) is -3.56. The van der Waals surface area contributed by atoms with Gasteiger partial charge in [-0.3, -0.25) is 0 Å². The molecule has 21 heavy (non-hydrogen) atoms. The Bertz CT molecular complexity index is 738. The van der Waals surface area contributed by atoms with Gasteiger partial charge in [-0.05, 0) is 47.4 Å². The van der Waals surface area contributed by atoms with Crippen molar-refractivity contribution in [3.63, 3.8) is 0 Å². The molecule has 2 aromatic rings. The summed E-state index contributed by atoms with van der Waals surface area (Å²) in [5.74, 6) is 0. The summed E-state index contributed by atoms with van der Waals surface area (Å²) >= 11 is 6.49. The summed E-state index contributed by atoms with van der Waals surface area (Å²) in [4.78, 5) is 0.405. The van der Waals surface area contributed by atoms with Crippen molar-refractivity contribution >= 4 is 38.6 Å². The van der Waals surface area contributed by atoms with Crippen LogP contribution in [-0.4, -0.2) is 20.0 Å². The fraction of sp³-hybridized carbons (Fsp3) is 0.214. The normalized spacial score (nSPS) is 11.5. The van der Waals surface area contributed by atoms with E-state index in [2.05, 4.69) is 4.72 Å². The highest BCUT2D eigenvalue weighted by molar-refractivity contribution is 7.89. The Morgan fingerprint density at radius 3 is 2.76 bits per heavy atom. The molecule has 0 aliphatic heterocycles. The van der Waals surface area contributed by atoms with E-state index in [9.17, 15) is 8.42 Å². The van der Waals surface area contributed by atoms with E-state index in [1.807, 2.05) is 16.8 Å². The minimum atomic E-state index is -3.56. The van der Waals surface area contributed by atoms with Gasteiger partial charge in [0.1, 0.15) is 4.99 Å². The Labute approximate surface area is 134 Å². The molecule has 1 heterocycles. The summed E-state index contributed by atoms with van der Waals surface area (Å²) < 4.78 is 27.3. The molecule has 2 rings (SSSR count). The van der Waals surface area contributed by atoms with Crippen molar-refractivity contribution in [1.29, 1.82) is 0 Å². The lowest BCUT2D eigenvalue weighted by Gasteiger charge is -2.10. The molecule has 4 nitrogen and oxygen atoms in total. The van der Waals surface area contributed by atoms with E-state index in [1.165, 1.54) is 6.07 Å². The number of nitrogens with one attached hydrogen (secondary N) is 1. The second-order valence-corrected chi connectivity index (χ2v) is 7.58. The van der Waals surface area contributed by atoms with Gasteiger partial charge in [-0.15, -0.1) is 0 Å². The Kier molecular flexibility index (Phi) is 5.10. The molecule has 1 aromatic carbocycles. The second-order valence-electron chi connectivity index (χ2n) is 4.62. The van der Waals surface area contributed by atoms with Crippen LogP contribution in [-0.2, 0) is 16.4 Å².